The highest BCUT2D eigenvalue weighted by molar-refractivity contribution is 7.13. The van der Waals surface area contributed by atoms with Gasteiger partial charge in [-0.05, 0) is 12.1 Å². The molecule has 2 rings (SSSR count). The first-order chi connectivity index (χ1) is 10.4. The van der Waals surface area contributed by atoms with Gasteiger partial charge in [-0.3, -0.25) is 9.59 Å². The van der Waals surface area contributed by atoms with Gasteiger partial charge in [-0.2, -0.15) is 0 Å². The second-order valence-corrected chi connectivity index (χ2v) is 6.74. The van der Waals surface area contributed by atoms with Gasteiger partial charge in [-0.1, -0.05) is 39.0 Å². The minimum Gasteiger partial charge on any atom is -0.343 e. The monoisotopic (exact) mass is 317 g/mol. The van der Waals surface area contributed by atoms with Crippen LogP contribution in [0.15, 0.2) is 35.7 Å². The van der Waals surface area contributed by atoms with Crippen molar-refractivity contribution in [3.8, 4) is 0 Å². The molecule has 0 atom stereocenters. The fourth-order valence-electron chi connectivity index (χ4n) is 1.69. The molecule has 116 valence electrons. The summed E-state index contributed by atoms with van der Waals surface area (Å²) in [6.07, 6.45) is 0. The van der Waals surface area contributed by atoms with E-state index in [1.54, 1.807) is 24.3 Å². The number of nitrogens with zero attached hydrogens (tertiary/aromatic N) is 1. The minimum absolute atomic E-state index is 0.0546. The second kappa shape index (κ2) is 6.70. The summed E-state index contributed by atoms with van der Waals surface area (Å²) in [6.45, 7) is 6.10. The number of thiazole rings is 1. The molecule has 0 saturated heterocycles. The van der Waals surface area contributed by atoms with Gasteiger partial charge in [0.05, 0.1) is 12.2 Å². The fraction of sp³-hybridized carbons (Fsp3) is 0.312. The number of nitrogens with one attached hydrogen (secondary N) is 2. The van der Waals surface area contributed by atoms with Crippen molar-refractivity contribution in [2.75, 3.05) is 11.9 Å². The summed E-state index contributed by atoms with van der Waals surface area (Å²) in [4.78, 5) is 28.1. The van der Waals surface area contributed by atoms with Crippen LogP contribution in [-0.2, 0) is 10.2 Å². The van der Waals surface area contributed by atoms with Crippen molar-refractivity contribution >= 4 is 28.3 Å². The molecule has 0 radical (unpaired) electrons. The number of anilines is 1. The molecular weight excluding hydrogens is 298 g/mol. The largest absolute Gasteiger partial charge is 0.343 e. The summed E-state index contributed by atoms with van der Waals surface area (Å²) in [5, 5.41) is 7.75. The van der Waals surface area contributed by atoms with Gasteiger partial charge in [0.15, 0.2) is 5.13 Å². The Hall–Kier alpha value is -2.21. The summed E-state index contributed by atoms with van der Waals surface area (Å²) < 4.78 is 0. The van der Waals surface area contributed by atoms with Crippen LogP contribution in [0.2, 0.25) is 0 Å². The first-order valence-electron chi connectivity index (χ1n) is 6.95. The van der Waals surface area contributed by atoms with Crippen molar-refractivity contribution in [1.29, 1.82) is 0 Å². The van der Waals surface area contributed by atoms with Crippen LogP contribution >= 0.6 is 11.3 Å². The molecule has 0 aliphatic carbocycles. The van der Waals surface area contributed by atoms with E-state index in [2.05, 4.69) is 36.4 Å². The molecule has 0 unspecified atom stereocenters. The lowest BCUT2D eigenvalue weighted by atomic mass is 9.93. The van der Waals surface area contributed by atoms with E-state index in [9.17, 15) is 9.59 Å². The van der Waals surface area contributed by atoms with E-state index in [-0.39, 0.29) is 23.8 Å². The Morgan fingerprint density at radius 2 is 1.86 bits per heavy atom. The standard InChI is InChI=1S/C16H19N3O2S/c1-16(2,3)12-10-22-15(18-12)19-13(20)9-17-14(21)11-7-5-4-6-8-11/h4-8,10H,9H2,1-3H3,(H,17,21)(H,18,19,20). The van der Waals surface area contributed by atoms with Crippen LogP contribution in [0, 0.1) is 0 Å². The number of benzene rings is 1. The molecule has 0 saturated carbocycles. The zero-order valence-corrected chi connectivity index (χ0v) is 13.7. The zero-order chi connectivity index (χ0) is 16.2. The first-order valence-corrected chi connectivity index (χ1v) is 7.83. The number of carbonyl (C=O) groups excluding carboxylic acids is 2. The van der Waals surface area contributed by atoms with Crippen molar-refractivity contribution in [3.63, 3.8) is 0 Å². The SMILES string of the molecule is CC(C)(C)c1csc(NC(=O)CNC(=O)c2ccccc2)n1. The maximum absolute atomic E-state index is 11.8. The van der Waals surface area contributed by atoms with Gasteiger partial charge in [0.2, 0.25) is 5.91 Å². The van der Waals surface area contributed by atoms with Crippen molar-refractivity contribution in [2.45, 2.75) is 26.2 Å². The molecule has 1 aromatic carbocycles. The number of amides is 2. The number of aromatic nitrogens is 1. The van der Waals surface area contributed by atoms with Gasteiger partial charge in [0.25, 0.3) is 5.91 Å². The quantitative estimate of drug-likeness (QED) is 0.911. The molecular formula is C16H19N3O2S. The maximum atomic E-state index is 11.8. The number of hydrogen-bond donors (Lipinski definition) is 2. The van der Waals surface area contributed by atoms with Crippen LogP contribution in [-0.4, -0.2) is 23.3 Å². The molecule has 2 amide bonds. The highest BCUT2D eigenvalue weighted by Gasteiger charge is 2.18. The van der Waals surface area contributed by atoms with E-state index < -0.39 is 0 Å². The predicted molar refractivity (Wildman–Crippen MR) is 88.2 cm³/mol. The minimum atomic E-state index is -0.293. The highest BCUT2D eigenvalue weighted by Crippen LogP contribution is 2.26. The average Bonchev–Trinajstić information content (AvgIpc) is 2.94. The second-order valence-electron chi connectivity index (χ2n) is 5.88. The summed E-state index contributed by atoms with van der Waals surface area (Å²) in [5.41, 5.74) is 1.40. The molecule has 0 aliphatic rings. The molecule has 2 aromatic rings. The van der Waals surface area contributed by atoms with Crippen LogP contribution in [0.5, 0.6) is 0 Å². The van der Waals surface area contributed by atoms with Crippen molar-refractivity contribution in [1.82, 2.24) is 10.3 Å². The van der Waals surface area contributed by atoms with Crippen molar-refractivity contribution < 1.29 is 9.59 Å². The molecule has 2 N–H and O–H groups in total. The molecule has 6 heteroatoms. The Morgan fingerprint density at radius 3 is 2.45 bits per heavy atom. The zero-order valence-electron chi connectivity index (χ0n) is 12.8. The number of carbonyl (C=O) groups is 2. The van der Waals surface area contributed by atoms with Crippen molar-refractivity contribution in [2.24, 2.45) is 0 Å². The van der Waals surface area contributed by atoms with Crippen molar-refractivity contribution in [3.05, 3.63) is 47.0 Å². The Bertz CT molecular complexity index is 660. The topological polar surface area (TPSA) is 71.1 Å². The maximum Gasteiger partial charge on any atom is 0.251 e. The van der Waals surface area contributed by atoms with Crippen LogP contribution < -0.4 is 10.6 Å². The predicted octanol–water partition coefficient (Wildman–Crippen LogP) is 2.81. The first kappa shape index (κ1) is 16.2. The van der Waals surface area contributed by atoms with Crippen LogP contribution in [0.25, 0.3) is 0 Å². The Balaban J connectivity index is 1.86. The molecule has 1 aromatic heterocycles. The molecule has 0 fully saturated rings. The molecule has 0 bridgehead atoms. The summed E-state index contributed by atoms with van der Waals surface area (Å²) in [5.74, 6) is -0.565. The lowest BCUT2D eigenvalue weighted by molar-refractivity contribution is -0.115. The summed E-state index contributed by atoms with van der Waals surface area (Å²) >= 11 is 1.38. The van der Waals surface area contributed by atoms with Gasteiger partial charge in [0.1, 0.15) is 0 Å². The van der Waals surface area contributed by atoms with Crippen LogP contribution in [0.3, 0.4) is 0 Å². The number of rotatable bonds is 4. The molecule has 0 aliphatic heterocycles. The van der Waals surface area contributed by atoms with Gasteiger partial charge < -0.3 is 10.6 Å². The van der Waals surface area contributed by atoms with E-state index >= 15 is 0 Å². The summed E-state index contributed by atoms with van der Waals surface area (Å²) in [6, 6.07) is 8.78. The Morgan fingerprint density at radius 1 is 1.18 bits per heavy atom. The van der Waals surface area contributed by atoms with Gasteiger partial charge in [-0.25, -0.2) is 4.98 Å². The van der Waals surface area contributed by atoms with Gasteiger partial charge in [0, 0.05) is 16.4 Å². The third-order valence-electron chi connectivity index (χ3n) is 2.96. The van der Waals surface area contributed by atoms with E-state index in [0.717, 1.165) is 5.69 Å². The lowest BCUT2D eigenvalue weighted by Crippen LogP contribution is -2.32. The van der Waals surface area contributed by atoms with E-state index in [4.69, 9.17) is 0 Å². The highest BCUT2D eigenvalue weighted by atomic mass is 32.1. The van der Waals surface area contributed by atoms with Gasteiger partial charge >= 0.3 is 0 Å². The van der Waals surface area contributed by atoms with Crippen LogP contribution in [0.4, 0.5) is 5.13 Å². The van der Waals surface area contributed by atoms with Gasteiger partial charge in [-0.15, -0.1) is 11.3 Å². The summed E-state index contributed by atoms with van der Waals surface area (Å²) in [7, 11) is 0. The van der Waals surface area contributed by atoms with E-state index in [0.29, 0.717) is 10.7 Å². The van der Waals surface area contributed by atoms with Crippen LogP contribution in [0.1, 0.15) is 36.8 Å². The normalized spacial score (nSPS) is 11.0. The van der Waals surface area contributed by atoms with E-state index in [1.807, 2.05) is 11.4 Å². The Kier molecular flexibility index (Phi) is 4.92. The molecule has 1 heterocycles. The molecule has 0 spiro atoms. The third-order valence-corrected chi connectivity index (χ3v) is 3.72. The van der Waals surface area contributed by atoms with E-state index in [1.165, 1.54) is 11.3 Å². The number of hydrogen-bond acceptors (Lipinski definition) is 4. The smallest absolute Gasteiger partial charge is 0.251 e. The lowest BCUT2D eigenvalue weighted by Gasteiger charge is -2.14. The fourth-order valence-corrected chi connectivity index (χ4v) is 2.64. The third kappa shape index (κ3) is 4.39. The Labute approximate surface area is 133 Å². The molecule has 22 heavy (non-hydrogen) atoms. The average molecular weight is 317 g/mol. The molecule has 5 nitrogen and oxygen atoms in total.